The Balaban J connectivity index is 1.92. The van der Waals surface area contributed by atoms with E-state index < -0.39 is 0 Å². The van der Waals surface area contributed by atoms with Gasteiger partial charge in [-0.1, -0.05) is 18.2 Å². The molecule has 1 saturated heterocycles. The van der Waals surface area contributed by atoms with E-state index in [2.05, 4.69) is 29.2 Å². The normalized spacial score (nSPS) is 31.1. The van der Waals surface area contributed by atoms with Crippen LogP contribution in [0, 0.1) is 5.21 Å². The van der Waals surface area contributed by atoms with Crippen LogP contribution in [0.25, 0.3) is 10.9 Å². The first kappa shape index (κ1) is 10.6. The molecular weight excluding hydrogens is 224 g/mol. The van der Waals surface area contributed by atoms with Gasteiger partial charge in [0.05, 0.1) is 18.8 Å². The summed E-state index contributed by atoms with van der Waals surface area (Å²) in [5.74, 6) is 0. The zero-order chi connectivity index (χ0) is 12.2. The van der Waals surface area contributed by atoms with E-state index in [1.165, 1.54) is 28.6 Å². The van der Waals surface area contributed by atoms with Gasteiger partial charge in [0.2, 0.25) is 0 Å². The zero-order valence-electron chi connectivity index (χ0n) is 10.5. The van der Waals surface area contributed by atoms with E-state index in [4.69, 9.17) is 0 Å². The molecule has 18 heavy (non-hydrogen) atoms. The van der Waals surface area contributed by atoms with Crippen LogP contribution in [-0.4, -0.2) is 22.7 Å². The highest BCUT2D eigenvalue weighted by molar-refractivity contribution is 5.85. The van der Waals surface area contributed by atoms with Crippen molar-refractivity contribution in [1.29, 1.82) is 0 Å². The second kappa shape index (κ2) is 3.59. The lowest BCUT2D eigenvalue weighted by atomic mass is 9.90. The molecule has 2 aliphatic rings. The SMILES string of the molecule is [O-][N@@+]12CCCC[C@H]1c1[nH]c3ccccc3c1CC2. The summed E-state index contributed by atoms with van der Waals surface area (Å²) in [4.78, 5) is 3.52. The third kappa shape index (κ3) is 1.32. The molecule has 2 atom stereocenters. The summed E-state index contributed by atoms with van der Waals surface area (Å²) in [5.41, 5.74) is 3.83. The number of H-pyrrole nitrogens is 1. The second-order valence-corrected chi connectivity index (χ2v) is 5.72. The first-order valence-electron chi connectivity index (χ1n) is 6.95. The van der Waals surface area contributed by atoms with Crippen molar-refractivity contribution in [3.8, 4) is 0 Å². The highest BCUT2D eigenvalue weighted by Gasteiger charge is 2.39. The summed E-state index contributed by atoms with van der Waals surface area (Å²) in [6.45, 7) is 1.57. The van der Waals surface area contributed by atoms with E-state index in [1.807, 2.05) is 0 Å². The number of piperidine rings is 1. The fraction of sp³-hybridized carbons (Fsp3) is 0.467. The zero-order valence-corrected chi connectivity index (χ0v) is 10.5. The first-order chi connectivity index (χ1) is 8.78. The lowest BCUT2D eigenvalue weighted by Crippen LogP contribution is -2.52. The Hall–Kier alpha value is -1.32. The Morgan fingerprint density at radius 2 is 2.06 bits per heavy atom. The number of aromatic amines is 1. The van der Waals surface area contributed by atoms with Crippen LogP contribution >= 0.6 is 0 Å². The number of hydroxylamine groups is 3. The van der Waals surface area contributed by atoms with Crippen molar-refractivity contribution in [2.75, 3.05) is 13.1 Å². The first-order valence-corrected chi connectivity index (χ1v) is 6.95. The lowest BCUT2D eigenvalue weighted by Gasteiger charge is -2.53. The van der Waals surface area contributed by atoms with E-state index in [-0.39, 0.29) is 10.7 Å². The van der Waals surface area contributed by atoms with Crippen LogP contribution in [0.1, 0.15) is 36.6 Å². The Morgan fingerprint density at radius 3 is 3.00 bits per heavy atom. The molecule has 0 radical (unpaired) electrons. The van der Waals surface area contributed by atoms with Crippen molar-refractivity contribution in [2.45, 2.75) is 31.7 Å². The summed E-state index contributed by atoms with van der Waals surface area (Å²) in [5, 5.41) is 14.2. The van der Waals surface area contributed by atoms with Gasteiger partial charge < -0.3 is 14.8 Å². The molecule has 0 spiro atoms. The minimum atomic E-state index is 0.0137. The fourth-order valence-corrected chi connectivity index (χ4v) is 3.83. The summed E-state index contributed by atoms with van der Waals surface area (Å²) >= 11 is 0. The lowest BCUT2D eigenvalue weighted by molar-refractivity contribution is -0.919. The maximum absolute atomic E-state index is 12.9. The molecule has 3 heterocycles. The van der Waals surface area contributed by atoms with E-state index in [1.54, 1.807) is 0 Å². The third-order valence-corrected chi connectivity index (χ3v) is 4.75. The fourth-order valence-electron chi connectivity index (χ4n) is 3.83. The molecule has 1 N–H and O–H groups in total. The van der Waals surface area contributed by atoms with Crippen molar-refractivity contribution >= 4 is 10.9 Å². The molecule has 1 aromatic carbocycles. The maximum atomic E-state index is 12.9. The van der Waals surface area contributed by atoms with Crippen LogP contribution < -0.4 is 0 Å². The van der Waals surface area contributed by atoms with Gasteiger partial charge in [-0.2, -0.15) is 0 Å². The molecule has 0 amide bonds. The topological polar surface area (TPSA) is 38.8 Å². The highest BCUT2D eigenvalue weighted by Crippen LogP contribution is 2.43. The number of hydrogen-bond acceptors (Lipinski definition) is 1. The van der Waals surface area contributed by atoms with Crippen LogP contribution in [-0.2, 0) is 6.42 Å². The quantitative estimate of drug-likeness (QED) is 0.559. The Bertz CT molecular complexity index is 604. The molecule has 1 aromatic heterocycles. The number of nitrogens with one attached hydrogen (secondary N) is 1. The summed E-state index contributed by atoms with van der Waals surface area (Å²) < 4.78 is 0.0137. The molecule has 0 unspecified atom stereocenters. The molecule has 0 bridgehead atoms. The van der Waals surface area contributed by atoms with Crippen LogP contribution in [0.15, 0.2) is 24.3 Å². The van der Waals surface area contributed by atoms with Crippen LogP contribution in [0.4, 0.5) is 0 Å². The Kier molecular flexibility index (Phi) is 2.11. The highest BCUT2D eigenvalue weighted by atomic mass is 16.5. The number of aromatic nitrogens is 1. The number of rotatable bonds is 0. The molecule has 3 heteroatoms. The van der Waals surface area contributed by atoms with Crippen LogP contribution in [0.2, 0.25) is 0 Å². The van der Waals surface area contributed by atoms with Crippen molar-refractivity contribution in [1.82, 2.24) is 4.98 Å². The van der Waals surface area contributed by atoms with Crippen molar-refractivity contribution in [2.24, 2.45) is 0 Å². The Morgan fingerprint density at radius 1 is 1.17 bits per heavy atom. The summed E-state index contributed by atoms with van der Waals surface area (Å²) in [7, 11) is 0. The number of quaternary nitrogens is 1. The molecule has 2 aromatic rings. The number of fused-ring (bicyclic) bond motifs is 5. The van der Waals surface area contributed by atoms with Crippen molar-refractivity contribution in [3.63, 3.8) is 0 Å². The van der Waals surface area contributed by atoms with Crippen molar-refractivity contribution < 1.29 is 4.65 Å². The molecule has 94 valence electrons. The van der Waals surface area contributed by atoms with Gasteiger partial charge in [0.1, 0.15) is 6.04 Å². The molecule has 2 aliphatic heterocycles. The third-order valence-electron chi connectivity index (χ3n) is 4.75. The van der Waals surface area contributed by atoms with E-state index in [9.17, 15) is 5.21 Å². The van der Waals surface area contributed by atoms with E-state index >= 15 is 0 Å². The standard InChI is InChI=1S/C15H18N2O/c18-17-9-4-3-7-14(17)15-12(8-10-17)11-5-1-2-6-13(11)16-15/h1-2,5-6,14,16H,3-4,7-10H2/t14-,17+/m0/s1. The molecular formula is C15H18N2O. The molecule has 3 nitrogen and oxygen atoms in total. The maximum Gasteiger partial charge on any atom is 0.130 e. The summed E-state index contributed by atoms with van der Waals surface area (Å²) in [6, 6.07) is 8.61. The second-order valence-electron chi connectivity index (χ2n) is 5.72. The number of para-hydroxylation sites is 1. The van der Waals surface area contributed by atoms with Gasteiger partial charge in [0, 0.05) is 23.7 Å². The van der Waals surface area contributed by atoms with E-state index in [0.29, 0.717) is 0 Å². The van der Waals surface area contributed by atoms with Crippen LogP contribution in [0.3, 0.4) is 0 Å². The van der Waals surface area contributed by atoms with Gasteiger partial charge in [0.15, 0.2) is 0 Å². The average molecular weight is 242 g/mol. The number of benzene rings is 1. The number of hydrogen-bond donors (Lipinski definition) is 1. The van der Waals surface area contributed by atoms with Gasteiger partial charge in [-0.3, -0.25) is 0 Å². The van der Waals surface area contributed by atoms with Gasteiger partial charge in [-0.25, -0.2) is 0 Å². The monoisotopic (exact) mass is 242 g/mol. The predicted molar refractivity (Wildman–Crippen MR) is 72.0 cm³/mol. The molecule has 4 rings (SSSR count). The van der Waals surface area contributed by atoms with Gasteiger partial charge in [-0.15, -0.1) is 0 Å². The predicted octanol–water partition coefficient (Wildman–Crippen LogP) is 3.26. The van der Waals surface area contributed by atoms with Crippen LogP contribution in [0.5, 0.6) is 0 Å². The smallest absolute Gasteiger partial charge is 0.130 e. The number of nitrogens with zero attached hydrogens (tertiary/aromatic N) is 1. The van der Waals surface area contributed by atoms with Crippen molar-refractivity contribution in [3.05, 3.63) is 40.7 Å². The average Bonchev–Trinajstić information content (AvgIpc) is 2.76. The largest absolute Gasteiger partial charge is 0.632 e. The van der Waals surface area contributed by atoms with Gasteiger partial charge in [0.25, 0.3) is 0 Å². The summed E-state index contributed by atoms with van der Waals surface area (Å²) in [6.07, 6.45) is 4.26. The molecule has 1 fully saturated rings. The molecule has 0 saturated carbocycles. The molecule has 0 aliphatic carbocycles. The van der Waals surface area contributed by atoms with Gasteiger partial charge >= 0.3 is 0 Å². The van der Waals surface area contributed by atoms with Gasteiger partial charge in [-0.05, 0) is 24.5 Å². The Labute approximate surface area is 107 Å². The minimum Gasteiger partial charge on any atom is -0.632 e. The minimum absolute atomic E-state index is 0.0137. The van der Waals surface area contributed by atoms with E-state index in [0.717, 1.165) is 32.4 Å².